The van der Waals surface area contributed by atoms with E-state index in [2.05, 4.69) is 15.5 Å². The number of rotatable bonds is 5. The topological polar surface area (TPSA) is 68.0 Å². The molecule has 5 nitrogen and oxygen atoms in total. The molecule has 1 N–H and O–H groups in total. The molecule has 4 rings (SSSR count). The molecule has 26 heavy (non-hydrogen) atoms. The number of aromatic nitrogens is 2. The summed E-state index contributed by atoms with van der Waals surface area (Å²) in [6, 6.07) is 8.06. The number of benzene rings is 1. The van der Waals surface area contributed by atoms with Crippen LogP contribution in [0.2, 0.25) is 0 Å². The molecule has 0 amide bonds. The van der Waals surface area contributed by atoms with Crippen molar-refractivity contribution in [2.45, 2.75) is 55.2 Å². The molecule has 7 heteroatoms. The molecule has 0 atom stereocenters. The Labute approximate surface area is 160 Å². The number of anilines is 1. The number of nitrogens with one attached hydrogen (secondary N) is 1. The van der Waals surface area contributed by atoms with Crippen LogP contribution in [0.4, 0.5) is 5.13 Å². The summed E-state index contributed by atoms with van der Waals surface area (Å²) < 4.78 is 6.24. The summed E-state index contributed by atoms with van der Waals surface area (Å²) in [5.74, 6) is 0.670. The lowest BCUT2D eigenvalue weighted by molar-refractivity contribution is 0.462. The van der Waals surface area contributed by atoms with Crippen molar-refractivity contribution in [3.63, 3.8) is 0 Å². The Balaban J connectivity index is 1.46. The van der Waals surface area contributed by atoms with Gasteiger partial charge in [0.1, 0.15) is 5.58 Å². The van der Waals surface area contributed by atoms with Crippen molar-refractivity contribution in [2.75, 3.05) is 5.32 Å². The molecule has 136 valence electrons. The first kappa shape index (κ1) is 17.5. The first-order valence-electron chi connectivity index (χ1n) is 8.93. The van der Waals surface area contributed by atoms with Gasteiger partial charge in [0, 0.05) is 23.2 Å². The summed E-state index contributed by atoms with van der Waals surface area (Å²) in [5.41, 5.74) is 2.38. The quantitative estimate of drug-likeness (QED) is 0.491. The summed E-state index contributed by atoms with van der Waals surface area (Å²) >= 11 is 3.19. The Morgan fingerprint density at radius 3 is 2.92 bits per heavy atom. The minimum atomic E-state index is -0.310. The van der Waals surface area contributed by atoms with Gasteiger partial charge in [-0.25, -0.2) is 4.79 Å². The van der Waals surface area contributed by atoms with Crippen LogP contribution in [0.15, 0.2) is 37.8 Å². The zero-order valence-electron chi connectivity index (χ0n) is 14.7. The van der Waals surface area contributed by atoms with Crippen LogP contribution in [-0.4, -0.2) is 16.2 Å². The van der Waals surface area contributed by atoms with Crippen molar-refractivity contribution < 1.29 is 4.42 Å². The maximum atomic E-state index is 11.8. The van der Waals surface area contributed by atoms with E-state index >= 15 is 0 Å². The molecule has 3 aromatic rings. The van der Waals surface area contributed by atoms with Crippen molar-refractivity contribution in [2.24, 2.45) is 0 Å². The fraction of sp³-hybridized carbons (Fsp3) is 0.421. The second-order valence-corrected chi connectivity index (χ2v) is 8.93. The van der Waals surface area contributed by atoms with Crippen LogP contribution >= 0.6 is 23.1 Å². The predicted molar refractivity (Wildman–Crippen MR) is 107 cm³/mol. The highest BCUT2D eigenvalue weighted by molar-refractivity contribution is 8.00. The molecule has 2 heterocycles. The van der Waals surface area contributed by atoms with Crippen LogP contribution in [0.5, 0.6) is 0 Å². The second kappa shape index (κ2) is 7.80. The Bertz CT molecular complexity index is 961. The zero-order chi connectivity index (χ0) is 17.9. The predicted octanol–water partition coefficient (Wildman–Crippen LogP) is 4.99. The summed E-state index contributed by atoms with van der Waals surface area (Å²) in [6.45, 7) is 1.99. The van der Waals surface area contributed by atoms with Crippen LogP contribution in [0, 0.1) is 6.92 Å². The van der Waals surface area contributed by atoms with E-state index in [1.165, 1.54) is 32.1 Å². The SMILES string of the molecule is Cc1ccc2c(CSc3nnc(NC4CCCCC4)s3)cc(=O)oc2c1. The third-order valence-electron chi connectivity index (χ3n) is 4.68. The average molecular weight is 388 g/mol. The summed E-state index contributed by atoms with van der Waals surface area (Å²) in [7, 11) is 0. The third kappa shape index (κ3) is 4.10. The highest BCUT2D eigenvalue weighted by Gasteiger charge is 2.15. The van der Waals surface area contributed by atoms with Gasteiger partial charge in [-0.1, -0.05) is 54.5 Å². The van der Waals surface area contributed by atoms with E-state index in [0.717, 1.165) is 26.0 Å². The fourth-order valence-corrected chi connectivity index (χ4v) is 5.16. The number of hydrogen-bond acceptors (Lipinski definition) is 7. The van der Waals surface area contributed by atoms with Gasteiger partial charge in [-0.3, -0.25) is 0 Å². The molecule has 1 fully saturated rings. The van der Waals surface area contributed by atoms with Gasteiger partial charge in [0.15, 0.2) is 4.34 Å². The zero-order valence-corrected chi connectivity index (χ0v) is 16.3. The third-order valence-corrected chi connectivity index (χ3v) is 6.71. The number of nitrogens with zero attached hydrogens (tertiary/aromatic N) is 2. The lowest BCUT2D eigenvalue weighted by Crippen LogP contribution is -2.21. The summed E-state index contributed by atoms with van der Waals surface area (Å²) in [5, 5.41) is 13.9. The van der Waals surface area contributed by atoms with E-state index in [9.17, 15) is 4.79 Å². The largest absolute Gasteiger partial charge is 0.423 e. The van der Waals surface area contributed by atoms with E-state index in [1.54, 1.807) is 29.2 Å². The molecule has 1 saturated carbocycles. The van der Waals surface area contributed by atoms with Crippen LogP contribution in [-0.2, 0) is 5.75 Å². The van der Waals surface area contributed by atoms with Gasteiger partial charge in [-0.05, 0) is 37.0 Å². The van der Waals surface area contributed by atoms with Gasteiger partial charge in [0.05, 0.1) is 0 Å². The number of thioether (sulfide) groups is 1. The monoisotopic (exact) mass is 387 g/mol. The Kier molecular flexibility index (Phi) is 5.26. The minimum Gasteiger partial charge on any atom is -0.423 e. The first-order valence-corrected chi connectivity index (χ1v) is 10.7. The maximum absolute atomic E-state index is 11.8. The Morgan fingerprint density at radius 1 is 1.23 bits per heavy atom. The van der Waals surface area contributed by atoms with Gasteiger partial charge in [0.25, 0.3) is 0 Å². The van der Waals surface area contributed by atoms with Gasteiger partial charge in [0.2, 0.25) is 5.13 Å². The molecule has 1 aromatic carbocycles. The highest BCUT2D eigenvalue weighted by Crippen LogP contribution is 2.31. The molecule has 0 radical (unpaired) electrons. The fourth-order valence-electron chi connectivity index (χ4n) is 3.34. The molecule has 0 bridgehead atoms. The van der Waals surface area contributed by atoms with E-state index in [4.69, 9.17) is 4.42 Å². The average Bonchev–Trinajstić information content (AvgIpc) is 3.07. The van der Waals surface area contributed by atoms with Crippen molar-refractivity contribution in [3.05, 3.63) is 45.8 Å². The van der Waals surface area contributed by atoms with E-state index in [1.807, 2.05) is 25.1 Å². The Morgan fingerprint density at radius 2 is 2.08 bits per heavy atom. The van der Waals surface area contributed by atoms with Crippen LogP contribution in [0.3, 0.4) is 0 Å². The van der Waals surface area contributed by atoms with E-state index in [0.29, 0.717) is 17.4 Å². The molecule has 0 unspecified atom stereocenters. The van der Waals surface area contributed by atoms with Crippen molar-refractivity contribution in [1.82, 2.24) is 10.2 Å². The number of aryl methyl sites for hydroxylation is 1. The van der Waals surface area contributed by atoms with Gasteiger partial charge >= 0.3 is 5.63 Å². The summed E-state index contributed by atoms with van der Waals surface area (Å²) in [4.78, 5) is 11.8. The number of fused-ring (bicyclic) bond motifs is 1. The second-order valence-electron chi connectivity index (χ2n) is 6.73. The van der Waals surface area contributed by atoms with Crippen molar-refractivity contribution in [3.8, 4) is 0 Å². The molecule has 0 saturated heterocycles. The van der Waals surface area contributed by atoms with Gasteiger partial charge in [-0.2, -0.15) is 0 Å². The van der Waals surface area contributed by atoms with Crippen molar-refractivity contribution in [1.29, 1.82) is 0 Å². The lowest BCUT2D eigenvalue weighted by atomic mass is 9.96. The molecule has 2 aromatic heterocycles. The van der Waals surface area contributed by atoms with Crippen LogP contribution in [0.25, 0.3) is 11.0 Å². The van der Waals surface area contributed by atoms with Crippen LogP contribution < -0.4 is 10.9 Å². The van der Waals surface area contributed by atoms with Crippen molar-refractivity contribution >= 4 is 39.2 Å². The van der Waals surface area contributed by atoms with Gasteiger partial charge in [-0.15, -0.1) is 10.2 Å². The standard InChI is InChI=1S/C19H21N3O2S2/c1-12-7-8-15-13(10-17(23)24-16(15)9-12)11-25-19-22-21-18(26-19)20-14-5-3-2-4-6-14/h7-10,14H,2-6,11H2,1H3,(H,20,21). The molecular formula is C19H21N3O2S2. The molecule has 1 aliphatic carbocycles. The van der Waals surface area contributed by atoms with E-state index in [-0.39, 0.29) is 5.63 Å². The number of hydrogen-bond donors (Lipinski definition) is 1. The maximum Gasteiger partial charge on any atom is 0.336 e. The van der Waals surface area contributed by atoms with E-state index < -0.39 is 0 Å². The molecule has 1 aliphatic rings. The molecular weight excluding hydrogens is 366 g/mol. The smallest absolute Gasteiger partial charge is 0.336 e. The molecule has 0 spiro atoms. The normalized spacial score (nSPS) is 15.4. The Hall–Kier alpha value is -1.86. The summed E-state index contributed by atoms with van der Waals surface area (Å²) in [6.07, 6.45) is 6.36. The van der Waals surface area contributed by atoms with Crippen LogP contribution in [0.1, 0.15) is 43.2 Å². The first-order chi connectivity index (χ1) is 12.7. The highest BCUT2D eigenvalue weighted by atomic mass is 32.2. The lowest BCUT2D eigenvalue weighted by Gasteiger charge is -2.21. The molecule has 0 aliphatic heterocycles. The van der Waals surface area contributed by atoms with Gasteiger partial charge < -0.3 is 9.73 Å². The minimum absolute atomic E-state index is 0.310.